The first-order chi connectivity index (χ1) is 11.3. The molecule has 0 aromatic heterocycles. The summed E-state index contributed by atoms with van der Waals surface area (Å²) in [4.78, 5) is 0. The molecule has 0 aliphatic rings. The fourth-order valence-corrected chi connectivity index (χ4v) is 3.14. The van der Waals surface area contributed by atoms with Gasteiger partial charge in [0.15, 0.2) is 0 Å². The second-order valence-electron chi connectivity index (χ2n) is 7.22. The molecule has 1 N–H and O–H groups in total. The van der Waals surface area contributed by atoms with Crippen LogP contribution in [0.4, 0.5) is 0 Å². The minimum absolute atomic E-state index is 0.325. The normalized spacial score (nSPS) is 14.1. The third-order valence-electron chi connectivity index (χ3n) is 5.08. The van der Waals surface area contributed by atoms with E-state index in [2.05, 4.69) is 20.8 Å². The summed E-state index contributed by atoms with van der Waals surface area (Å²) >= 11 is 0. The summed E-state index contributed by atoms with van der Waals surface area (Å²) in [5.74, 6) is 1.08. The van der Waals surface area contributed by atoms with Crippen molar-refractivity contribution in [2.24, 2.45) is 11.8 Å². The number of aliphatic hydroxyl groups excluding tert-OH is 1. The Bertz CT molecular complexity index is 214. The zero-order chi connectivity index (χ0) is 17.2. The molecule has 140 valence electrons. The second kappa shape index (κ2) is 18.3. The van der Waals surface area contributed by atoms with Crippen molar-refractivity contribution in [1.29, 1.82) is 0 Å². The number of hydrogen-bond acceptors (Lipinski definition) is 2. The molecule has 0 aromatic carbocycles. The fraction of sp³-hybridized carbons (Fsp3) is 1.00. The lowest BCUT2D eigenvalue weighted by Crippen LogP contribution is -2.16. The highest BCUT2D eigenvalue weighted by Gasteiger charge is 2.13. The molecule has 0 fully saturated rings. The van der Waals surface area contributed by atoms with Gasteiger partial charge < -0.3 is 9.84 Å². The van der Waals surface area contributed by atoms with Crippen molar-refractivity contribution in [2.45, 2.75) is 104 Å². The minimum atomic E-state index is 0.325. The molecule has 0 heterocycles. The van der Waals surface area contributed by atoms with E-state index in [-0.39, 0.29) is 0 Å². The molecular formula is C21H44O2. The molecule has 0 aromatic rings. The minimum Gasteiger partial charge on any atom is -0.396 e. The first-order valence-corrected chi connectivity index (χ1v) is 10.5. The van der Waals surface area contributed by atoms with Gasteiger partial charge in [0, 0.05) is 19.8 Å². The van der Waals surface area contributed by atoms with Gasteiger partial charge in [-0.05, 0) is 24.7 Å². The monoisotopic (exact) mass is 328 g/mol. The van der Waals surface area contributed by atoms with Gasteiger partial charge in [0.2, 0.25) is 0 Å². The van der Waals surface area contributed by atoms with Gasteiger partial charge in [0.05, 0.1) is 0 Å². The predicted molar refractivity (Wildman–Crippen MR) is 102 cm³/mol. The molecule has 2 atom stereocenters. The highest BCUT2D eigenvalue weighted by Crippen LogP contribution is 2.18. The van der Waals surface area contributed by atoms with Gasteiger partial charge in [0.1, 0.15) is 0 Å². The fourth-order valence-electron chi connectivity index (χ4n) is 3.14. The van der Waals surface area contributed by atoms with Crippen LogP contribution >= 0.6 is 0 Å². The zero-order valence-corrected chi connectivity index (χ0v) is 16.3. The summed E-state index contributed by atoms with van der Waals surface area (Å²) in [5, 5.41) is 9.30. The van der Waals surface area contributed by atoms with E-state index < -0.39 is 0 Å². The maximum atomic E-state index is 9.30. The summed E-state index contributed by atoms with van der Waals surface area (Å²) in [6, 6.07) is 0. The average molecular weight is 329 g/mol. The summed E-state index contributed by atoms with van der Waals surface area (Å²) < 4.78 is 5.87. The van der Waals surface area contributed by atoms with Gasteiger partial charge in [-0.15, -0.1) is 0 Å². The number of ether oxygens (including phenoxy) is 1. The molecule has 0 saturated heterocycles. The van der Waals surface area contributed by atoms with Crippen molar-refractivity contribution >= 4 is 0 Å². The SMILES string of the molecule is CCCCCCCCCCCCOCC(CC)CC(CC)CO. The molecule has 0 spiro atoms. The Morgan fingerprint density at radius 1 is 0.696 bits per heavy atom. The van der Waals surface area contributed by atoms with Crippen molar-refractivity contribution in [3.05, 3.63) is 0 Å². The Hall–Kier alpha value is -0.0800. The van der Waals surface area contributed by atoms with E-state index in [4.69, 9.17) is 4.74 Å². The first-order valence-electron chi connectivity index (χ1n) is 10.5. The van der Waals surface area contributed by atoms with Crippen molar-refractivity contribution in [2.75, 3.05) is 19.8 Å². The van der Waals surface area contributed by atoms with Crippen LogP contribution in [0.5, 0.6) is 0 Å². The van der Waals surface area contributed by atoms with Crippen LogP contribution < -0.4 is 0 Å². The van der Waals surface area contributed by atoms with Crippen LogP contribution in [0, 0.1) is 11.8 Å². The molecule has 0 bridgehead atoms. The molecule has 2 heteroatoms. The Labute approximate surface area is 146 Å². The van der Waals surface area contributed by atoms with Gasteiger partial charge in [-0.2, -0.15) is 0 Å². The predicted octanol–water partition coefficient (Wildman–Crippen LogP) is 6.36. The lowest BCUT2D eigenvalue weighted by atomic mass is 9.92. The highest BCUT2D eigenvalue weighted by molar-refractivity contribution is 4.63. The Morgan fingerprint density at radius 3 is 1.70 bits per heavy atom. The highest BCUT2D eigenvalue weighted by atomic mass is 16.5. The van der Waals surface area contributed by atoms with Crippen molar-refractivity contribution in [1.82, 2.24) is 0 Å². The number of hydrogen-bond donors (Lipinski definition) is 1. The standard InChI is InChI=1S/C21H44O2/c1-4-7-8-9-10-11-12-13-14-15-16-23-19-21(6-3)17-20(5-2)18-22/h20-22H,4-19H2,1-3H3. The summed E-state index contributed by atoms with van der Waals surface area (Å²) in [6.45, 7) is 8.80. The van der Waals surface area contributed by atoms with Gasteiger partial charge in [-0.1, -0.05) is 91.4 Å². The molecular weight excluding hydrogens is 284 g/mol. The number of aliphatic hydroxyl groups is 1. The molecule has 0 amide bonds. The molecule has 23 heavy (non-hydrogen) atoms. The summed E-state index contributed by atoms with van der Waals surface area (Å²) in [5.41, 5.74) is 0. The lowest BCUT2D eigenvalue weighted by molar-refractivity contribution is 0.0783. The van der Waals surface area contributed by atoms with Crippen LogP contribution in [-0.4, -0.2) is 24.9 Å². The van der Waals surface area contributed by atoms with Crippen molar-refractivity contribution in [3.8, 4) is 0 Å². The van der Waals surface area contributed by atoms with E-state index in [1.807, 2.05) is 0 Å². The van der Waals surface area contributed by atoms with E-state index in [1.165, 1.54) is 64.2 Å². The Balaban J connectivity index is 3.33. The average Bonchev–Trinajstić information content (AvgIpc) is 2.58. The third-order valence-corrected chi connectivity index (χ3v) is 5.08. The van der Waals surface area contributed by atoms with E-state index in [1.54, 1.807) is 0 Å². The van der Waals surface area contributed by atoms with Gasteiger partial charge in [-0.25, -0.2) is 0 Å². The van der Waals surface area contributed by atoms with Gasteiger partial charge in [-0.3, -0.25) is 0 Å². The van der Waals surface area contributed by atoms with E-state index >= 15 is 0 Å². The largest absolute Gasteiger partial charge is 0.396 e. The summed E-state index contributed by atoms with van der Waals surface area (Å²) in [6.07, 6.45) is 17.1. The van der Waals surface area contributed by atoms with Crippen LogP contribution in [0.25, 0.3) is 0 Å². The number of unbranched alkanes of at least 4 members (excludes halogenated alkanes) is 9. The van der Waals surface area contributed by atoms with Crippen molar-refractivity contribution < 1.29 is 9.84 Å². The topological polar surface area (TPSA) is 29.5 Å². The molecule has 0 rings (SSSR count). The Morgan fingerprint density at radius 2 is 1.22 bits per heavy atom. The van der Waals surface area contributed by atoms with Gasteiger partial charge >= 0.3 is 0 Å². The molecule has 0 saturated carbocycles. The molecule has 0 aliphatic heterocycles. The quantitative estimate of drug-likeness (QED) is 0.297. The maximum Gasteiger partial charge on any atom is 0.0494 e. The number of rotatable bonds is 18. The van der Waals surface area contributed by atoms with Crippen LogP contribution in [0.2, 0.25) is 0 Å². The van der Waals surface area contributed by atoms with Crippen LogP contribution in [-0.2, 0) is 4.74 Å². The van der Waals surface area contributed by atoms with Crippen LogP contribution in [0.1, 0.15) is 104 Å². The molecule has 2 nitrogen and oxygen atoms in total. The molecule has 2 unspecified atom stereocenters. The molecule has 0 aliphatic carbocycles. The zero-order valence-electron chi connectivity index (χ0n) is 16.3. The summed E-state index contributed by atoms with van der Waals surface area (Å²) in [7, 11) is 0. The second-order valence-corrected chi connectivity index (χ2v) is 7.22. The van der Waals surface area contributed by atoms with E-state index in [9.17, 15) is 5.11 Å². The van der Waals surface area contributed by atoms with Crippen LogP contribution in [0.3, 0.4) is 0 Å². The third kappa shape index (κ3) is 15.2. The first kappa shape index (κ1) is 22.9. The lowest BCUT2D eigenvalue weighted by Gasteiger charge is -2.20. The smallest absolute Gasteiger partial charge is 0.0494 e. The van der Waals surface area contributed by atoms with E-state index in [0.29, 0.717) is 18.4 Å². The van der Waals surface area contributed by atoms with Crippen LogP contribution in [0.15, 0.2) is 0 Å². The Kier molecular flexibility index (Phi) is 18.2. The maximum absolute atomic E-state index is 9.30. The molecule has 0 radical (unpaired) electrons. The van der Waals surface area contributed by atoms with Gasteiger partial charge in [0.25, 0.3) is 0 Å². The van der Waals surface area contributed by atoms with Crippen molar-refractivity contribution in [3.63, 3.8) is 0 Å². The van der Waals surface area contributed by atoms with E-state index in [0.717, 1.165) is 32.5 Å².